The molecule has 0 radical (unpaired) electrons. The third-order valence-corrected chi connectivity index (χ3v) is 8.72. The van der Waals surface area contributed by atoms with Crippen LogP contribution in [-0.2, 0) is 15.6 Å². The maximum Gasteiger partial charge on any atom is 0.244 e. The van der Waals surface area contributed by atoms with E-state index in [-0.39, 0.29) is 16.7 Å². The van der Waals surface area contributed by atoms with Crippen molar-refractivity contribution in [1.82, 2.24) is 14.1 Å². The number of imidazole rings is 1. The van der Waals surface area contributed by atoms with Crippen LogP contribution in [0.5, 0.6) is 5.75 Å². The summed E-state index contributed by atoms with van der Waals surface area (Å²) in [6, 6.07) is 2.27. The number of benzene rings is 1. The maximum atomic E-state index is 15.1. The van der Waals surface area contributed by atoms with Crippen LogP contribution in [0.1, 0.15) is 50.1 Å². The molecule has 0 unspecified atom stereocenters. The Labute approximate surface area is 196 Å². The summed E-state index contributed by atoms with van der Waals surface area (Å²) in [6.45, 7) is 5.09. The Bertz CT molecular complexity index is 1290. The van der Waals surface area contributed by atoms with Gasteiger partial charge in [0.15, 0.2) is 16.5 Å². The molecule has 1 aliphatic rings. The van der Waals surface area contributed by atoms with Crippen molar-refractivity contribution in [3.8, 4) is 17.0 Å². The van der Waals surface area contributed by atoms with E-state index in [1.807, 2.05) is 0 Å². The summed E-state index contributed by atoms with van der Waals surface area (Å²) >= 11 is 1.31. The molecule has 2 heterocycles. The van der Waals surface area contributed by atoms with Crippen LogP contribution in [0.15, 0.2) is 23.2 Å². The second-order valence-corrected chi connectivity index (χ2v) is 11.7. The van der Waals surface area contributed by atoms with Crippen molar-refractivity contribution in [2.24, 2.45) is 0 Å². The number of thiazole rings is 1. The topological polar surface area (TPSA) is 113 Å². The van der Waals surface area contributed by atoms with Gasteiger partial charge in [-0.1, -0.05) is 11.3 Å². The lowest BCUT2D eigenvalue weighted by atomic mass is 9.94. The first-order valence-electron chi connectivity index (χ1n) is 10.7. The SMILES string of the molecule is COc1c(F)cc(-c2c(C)nc3sc(C(C)(C)O)cn23)cc1S(=O)(=O)NC1CCC(O)CC1. The maximum absolute atomic E-state index is 15.1. The Hall–Kier alpha value is -2.05. The number of hydrogen-bond donors (Lipinski definition) is 3. The lowest BCUT2D eigenvalue weighted by Gasteiger charge is -2.26. The van der Waals surface area contributed by atoms with Crippen LogP contribution in [0.3, 0.4) is 0 Å². The molecule has 3 aromatic rings. The highest BCUT2D eigenvalue weighted by atomic mass is 32.2. The second kappa shape index (κ2) is 8.62. The molecule has 3 N–H and O–H groups in total. The van der Waals surface area contributed by atoms with E-state index in [0.29, 0.717) is 52.5 Å². The zero-order valence-corrected chi connectivity index (χ0v) is 20.6. The average molecular weight is 498 g/mol. The Morgan fingerprint density at radius 3 is 2.55 bits per heavy atom. The molecule has 0 saturated heterocycles. The number of ether oxygens (including phenoxy) is 1. The van der Waals surface area contributed by atoms with Gasteiger partial charge in [-0.25, -0.2) is 22.5 Å². The molecule has 0 atom stereocenters. The van der Waals surface area contributed by atoms with Gasteiger partial charge in [-0.15, -0.1) is 0 Å². The minimum absolute atomic E-state index is 0.293. The summed E-state index contributed by atoms with van der Waals surface area (Å²) in [7, 11) is -2.88. The molecule has 0 amide bonds. The highest BCUT2D eigenvalue weighted by Gasteiger charge is 2.30. The molecule has 8 nitrogen and oxygen atoms in total. The molecule has 0 aliphatic heterocycles. The van der Waals surface area contributed by atoms with E-state index in [9.17, 15) is 18.6 Å². The largest absolute Gasteiger partial charge is 0.492 e. The van der Waals surface area contributed by atoms with Gasteiger partial charge in [0, 0.05) is 17.8 Å². The van der Waals surface area contributed by atoms with Crippen molar-refractivity contribution in [2.45, 2.75) is 69.1 Å². The third-order valence-electron chi connectivity index (χ3n) is 5.90. The molecule has 1 aliphatic carbocycles. The first-order chi connectivity index (χ1) is 15.4. The molecule has 1 saturated carbocycles. The van der Waals surface area contributed by atoms with E-state index >= 15 is 4.39 Å². The van der Waals surface area contributed by atoms with Crippen molar-refractivity contribution in [1.29, 1.82) is 0 Å². The molecule has 4 rings (SSSR count). The number of aliphatic hydroxyl groups is 2. The molecule has 0 spiro atoms. The van der Waals surface area contributed by atoms with Crippen molar-refractivity contribution in [2.75, 3.05) is 7.11 Å². The Balaban J connectivity index is 1.81. The summed E-state index contributed by atoms with van der Waals surface area (Å²) < 4.78 is 51.1. The Kier molecular flexibility index (Phi) is 6.29. The van der Waals surface area contributed by atoms with Gasteiger partial charge >= 0.3 is 0 Å². The van der Waals surface area contributed by atoms with Crippen LogP contribution in [0.4, 0.5) is 4.39 Å². The minimum atomic E-state index is -4.10. The number of hydrogen-bond acceptors (Lipinski definition) is 7. The van der Waals surface area contributed by atoms with Crippen molar-refractivity contribution >= 4 is 26.3 Å². The zero-order chi connectivity index (χ0) is 24.1. The summed E-state index contributed by atoms with van der Waals surface area (Å²) in [5.41, 5.74) is 0.396. The number of aliphatic hydroxyl groups excluding tert-OH is 1. The quantitative estimate of drug-likeness (QED) is 0.482. The Morgan fingerprint density at radius 2 is 1.94 bits per heavy atom. The number of halogens is 1. The molecule has 11 heteroatoms. The molecule has 1 fully saturated rings. The van der Waals surface area contributed by atoms with Crippen LogP contribution in [0, 0.1) is 12.7 Å². The molecule has 33 heavy (non-hydrogen) atoms. The van der Waals surface area contributed by atoms with E-state index in [1.54, 1.807) is 31.4 Å². The normalized spacial score (nSPS) is 19.8. The highest BCUT2D eigenvalue weighted by Crippen LogP contribution is 2.37. The zero-order valence-electron chi connectivity index (χ0n) is 18.9. The van der Waals surface area contributed by atoms with Crippen LogP contribution in [0.2, 0.25) is 0 Å². The van der Waals surface area contributed by atoms with Crippen LogP contribution in [0.25, 0.3) is 16.2 Å². The van der Waals surface area contributed by atoms with Crippen LogP contribution < -0.4 is 9.46 Å². The number of nitrogens with zero attached hydrogens (tertiary/aromatic N) is 2. The van der Waals surface area contributed by atoms with Gasteiger partial charge in [0.25, 0.3) is 0 Å². The summed E-state index contributed by atoms with van der Waals surface area (Å²) in [5, 5.41) is 20.1. The highest BCUT2D eigenvalue weighted by molar-refractivity contribution is 7.89. The Morgan fingerprint density at radius 1 is 1.27 bits per heavy atom. The molecule has 180 valence electrons. The fourth-order valence-corrected chi connectivity index (χ4v) is 6.70. The monoisotopic (exact) mass is 497 g/mol. The van der Waals surface area contributed by atoms with Crippen molar-refractivity contribution in [3.63, 3.8) is 0 Å². The van der Waals surface area contributed by atoms with Crippen molar-refractivity contribution in [3.05, 3.63) is 34.7 Å². The van der Waals surface area contributed by atoms with Crippen molar-refractivity contribution < 1.29 is 27.8 Å². The number of methoxy groups -OCH3 is 1. The standard InChI is InChI=1S/C22H28FN3O5S2/c1-12-19(26-11-18(22(2,3)28)32-21(26)24-12)13-9-16(23)20(31-4)17(10-13)33(29,30)25-14-5-7-15(27)8-6-14/h9-11,14-15,25,27-28H,5-8H2,1-4H3. The van der Waals surface area contributed by atoms with E-state index in [0.717, 1.165) is 0 Å². The van der Waals surface area contributed by atoms with E-state index < -0.39 is 27.5 Å². The van der Waals surface area contributed by atoms with E-state index in [2.05, 4.69) is 9.71 Å². The van der Waals surface area contributed by atoms with Crippen LogP contribution >= 0.6 is 11.3 Å². The van der Waals surface area contributed by atoms with Gasteiger partial charge in [-0.05, 0) is 58.6 Å². The predicted molar refractivity (Wildman–Crippen MR) is 124 cm³/mol. The fraction of sp³-hybridized carbons (Fsp3) is 0.500. The number of sulfonamides is 1. The predicted octanol–water partition coefficient (Wildman–Crippen LogP) is 3.33. The smallest absolute Gasteiger partial charge is 0.244 e. The minimum Gasteiger partial charge on any atom is -0.492 e. The molecule has 0 bridgehead atoms. The van der Waals surface area contributed by atoms with Crippen LogP contribution in [-0.4, -0.2) is 47.3 Å². The third kappa shape index (κ3) is 4.65. The first kappa shape index (κ1) is 24.1. The lowest BCUT2D eigenvalue weighted by molar-refractivity contribution is 0.0822. The fourth-order valence-electron chi connectivity index (χ4n) is 4.16. The molecular weight excluding hydrogens is 469 g/mol. The summed E-state index contributed by atoms with van der Waals surface area (Å²) in [5.74, 6) is -1.16. The number of aryl methyl sites for hydroxylation is 1. The van der Waals surface area contributed by atoms with Gasteiger partial charge in [-0.3, -0.25) is 4.40 Å². The van der Waals surface area contributed by atoms with Gasteiger partial charge in [0.2, 0.25) is 10.0 Å². The van der Waals surface area contributed by atoms with E-state index in [1.165, 1.54) is 30.6 Å². The lowest BCUT2D eigenvalue weighted by Crippen LogP contribution is -2.38. The second-order valence-electron chi connectivity index (χ2n) is 8.97. The van der Waals surface area contributed by atoms with E-state index in [4.69, 9.17) is 4.74 Å². The molecule has 2 aromatic heterocycles. The van der Waals surface area contributed by atoms with Gasteiger partial charge in [0.1, 0.15) is 4.90 Å². The van der Waals surface area contributed by atoms with Gasteiger partial charge in [0.05, 0.1) is 35.1 Å². The van der Waals surface area contributed by atoms with Gasteiger partial charge < -0.3 is 14.9 Å². The number of rotatable bonds is 6. The molecular formula is C22H28FN3O5S2. The first-order valence-corrected chi connectivity index (χ1v) is 13.0. The van der Waals surface area contributed by atoms with Gasteiger partial charge in [-0.2, -0.15) is 0 Å². The average Bonchev–Trinajstić information content (AvgIpc) is 3.25. The number of aromatic nitrogens is 2. The number of fused-ring (bicyclic) bond motifs is 1. The number of nitrogens with one attached hydrogen (secondary N) is 1. The molecule has 1 aromatic carbocycles. The summed E-state index contributed by atoms with van der Waals surface area (Å²) in [6.07, 6.45) is 3.33. The summed E-state index contributed by atoms with van der Waals surface area (Å²) in [4.78, 5) is 5.51.